The van der Waals surface area contributed by atoms with Crippen molar-refractivity contribution in [1.29, 1.82) is 0 Å². The zero-order valence-corrected chi connectivity index (χ0v) is 26.3. The fourth-order valence-corrected chi connectivity index (χ4v) is 5.01. The second-order valence-electron chi connectivity index (χ2n) is 11.0. The van der Waals surface area contributed by atoms with E-state index in [1.54, 1.807) is 7.11 Å². The highest BCUT2D eigenvalue weighted by Gasteiger charge is 2.29. The van der Waals surface area contributed by atoms with Crippen LogP contribution >= 0.6 is 8.15 Å². The van der Waals surface area contributed by atoms with Crippen molar-refractivity contribution in [3.05, 3.63) is 90.5 Å². The van der Waals surface area contributed by atoms with Crippen molar-refractivity contribution in [2.75, 3.05) is 13.7 Å². The van der Waals surface area contributed by atoms with E-state index in [-0.39, 0.29) is 0 Å². The third-order valence-corrected chi connectivity index (χ3v) is 7.66. The highest BCUT2D eigenvalue weighted by atomic mass is 31.1. The molecule has 4 heteroatoms. The van der Waals surface area contributed by atoms with Crippen LogP contribution in [0.3, 0.4) is 0 Å². The average molecular weight is 536 g/mol. The quantitative estimate of drug-likeness (QED) is 0.202. The molecular formula is C34H50NO2P. The summed E-state index contributed by atoms with van der Waals surface area (Å²) >= 11 is 0. The Labute approximate surface area is 234 Å². The van der Waals surface area contributed by atoms with Gasteiger partial charge in [0.1, 0.15) is 11.4 Å². The Hall–Kier alpha value is -2.48. The fourth-order valence-electron chi connectivity index (χ4n) is 3.03. The number of rotatable bonds is 9. The van der Waals surface area contributed by atoms with Gasteiger partial charge in [-0.2, -0.15) is 0 Å². The normalized spacial score (nSPS) is 11.6. The summed E-state index contributed by atoms with van der Waals surface area (Å²) in [5.41, 5.74) is 1.93. The lowest BCUT2D eigenvalue weighted by molar-refractivity contribution is 0.210. The van der Waals surface area contributed by atoms with Crippen LogP contribution in [0.4, 0.5) is 0 Å². The number of hydrogen-bond donors (Lipinski definition) is 0. The van der Waals surface area contributed by atoms with Crippen LogP contribution in [0, 0.1) is 18.8 Å². The molecule has 0 bridgehead atoms. The Morgan fingerprint density at radius 3 is 1.63 bits per heavy atom. The number of aliphatic imine (C=N–C) groups is 1. The molecule has 0 atom stereocenters. The van der Waals surface area contributed by atoms with Gasteiger partial charge in [0.05, 0.1) is 15.3 Å². The van der Waals surface area contributed by atoms with Gasteiger partial charge in [0.15, 0.2) is 0 Å². The van der Waals surface area contributed by atoms with E-state index < -0.39 is 13.7 Å². The number of benzene rings is 3. The third kappa shape index (κ3) is 13.9. The Bertz CT molecular complexity index is 987. The largest absolute Gasteiger partial charge is 0.497 e. The van der Waals surface area contributed by atoms with E-state index in [9.17, 15) is 0 Å². The van der Waals surface area contributed by atoms with Crippen LogP contribution < -0.4 is 15.3 Å². The third-order valence-electron chi connectivity index (χ3n) is 5.48. The number of ether oxygens (including phenoxy) is 1. The number of nitrogens with zero attached hydrogens (tertiary/aromatic N) is 1. The van der Waals surface area contributed by atoms with Crippen molar-refractivity contribution in [2.24, 2.45) is 16.8 Å². The summed E-state index contributed by atoms with van der Waals surface area (Å²) in [5, 5.41) is 2.46. The van der Waals surface area contributed by atoms with Crippen LogP contribution in [0.2, 0.25) is 0 Å². The molecule has 208 valence electrons. The Morgan fingerprint density at radius 2 is 1.24 bits per heavy atom. The smallest absolute Gasteiger partial charge is 0.118 e. The minimum absolute atomic E-state index is 0.394. The highest BCUT2D eigenvalue weighted by Crippen LogP contribution is 2.40. The van der Waals surface area contributed by atoms with Crippen LogP contribution in [0.5, 0.6) is 5.75 Å². The molecule has 3 aromatic carbocycles. The van der Waals surface area contributed by atoms with E-state index >= 15 is 0 Å². The molecule has 0 amide bonds. The van der Waals surface area contributed by atoms with E-state index in [0.29, 0.717) is 5.92 Å². The number of aryl methyl sites for hydroxylation is 1. The maximum absolute atomic E-state index is 6.66. The van der Waals surface area contributed by atoms with Crippen molar-refractivity contribution in [1.82, 2.24) is 0 Å². The molecule has 0 unspecified atom stereocenters. The van der Waals surface area contributed by atoms with E-state index in [2.05, 4.69) is 111 Å². The molecule has 3 aromatic rings. The predicted molar refractivity (Wildman–Crippen MR) is 170 cm³/mol. The van der Waals surface area contributed by atoms with E-state index in [1.807, 2.05) is 36.4 Å². The van der Waals surface area contributed by atoms with Crippen LogP contribution in [0.15, 0.2) is 89.9 Å². The van der Waals surface area contributed by atoms with E-state index in [4.69, 9.17) is 14.3 Å². The molecule has 0 saturated carbocycles. The van der Waals surface area contributed by atoms with Crippen LogP contribution in [0.1, 0.15) is 67.4 Å². The SMILES string of the molecule is CC(=NCCC(C)C)C(C)(C)OP(c1ccccc1)c1ccccc1.CC(C)C.COc1ccc(C)cc1. The number of hydrogen-bond acceptors (Lipinski definition) is 3. The average Bonchev–Trinajstić information content (AvgIpc) is 2.88. The van der Waals surface area contributed by atoms with Crippen molar-refractivity contribution in [3.8, 4) is 5.75 Å². The minimum atomic E-state index is -0.880. The molecular weight excluding hydrogens is 485 g/mol. The second-order valence-corrected chi connectivity index (χ2v) is 12.8. The summed E-state index contributed by atoms with van der Waals surface area (Å²) in [6.45, 7) is 20.2. The summed E-state index contributed by atoms with van der Waals surface area (Å²) in [4.78, 5) is 4.78. The molecule has 0 spiro atoms. The van der Waals surface area contributed by atoms with Crippen LogP contribution in [-0.2, 0) is 4.52 Å². The summed E-state index contributed by atoms with van der Waals surface area (Å²) in [6, 6.07) is 29.0. The summed E-state index contributed by atoms with van der Waals surface area (Å²) in [7, 11) is 0.792. The molecule has 0 radical (unpaired) electrons. The lowest BCUT2D eigenvalue weighted by atomic mass is 10.0. The fraction of sp³-hybridized carbons (Fsp3) is 0.441. The molecule has 3 rings (SSSR count). The minimum Gasteiger partial charge on any atom is -0.497 e. The van der Waals surface area contributed by atoms with Gasteiger partial charge in [-0.25, -0.2) is 0 Å². The van der Waals surface area contributed by atoms with Crippen molar-refractivity contribution < 1.29 is 9.26 Å². The zero-order valence-electron chi connectivity index (χ0n) is 25.4. The second kappa shape index (κ2) is 17.9. The molecule has 0 aliphatic rings. The standard InChI is InChI=1S/C22H30NOP.C8H10O.C4H10/c1-18(2)16-17-23-19(3)22(4,5)24-25(20-12-8-6-9-13-20)21-14-10-7-11-15-21;1-7-3-5-8(9-2)6-4-7;1-4(2)3/h6-15,18H,16-17H2,1-5H3;3-6H,1-2H3;4H,1-3H3. The van der Waals surface area contributed by atoms with Gasteiger partial charge in [0.2, 0.25) is 0 Å². The highest BCUT2D eigenvalue weighted by molar-refractivity contribution is 7.68. The van der Waals surface area contributed by atoms with Crippen LogP contribution in [0.25, 0.3) is 0 Å². The van der Waals surface area contributed by atoms with E-state index in [1.165, 1.54) is 16.2 Å². The van der Waals surface area contributed by atoms with Gasteiger partial charge in [-0.05, 0) is 58.1 Å². The van der Waals surface area contributed by atoms with E-state index in [0.717, 1.165) is 30.3 Å². The molecule has 38 heavy (non-hydrogen) atoms. The van der Waals surface area contributed by atoms with Gasteiger partial charge in [-0.15, -0.1) is 0 Å². The number of methoxy groups -OCH3 is 1. The molecule has 0 N–H and O–H groups in total. The van der Waals surface area contributed by atoms with Crippen molar-refractivity contribution in [3.63, 3.8) is 0 Å². The Balaban J connectivity index is 0.000000456. The molecule has 0 aromatic heterocycles. The van der Waals surface area contributed by atoms with Crippen LogP contribution in [-0.4, -0.2) is 25.0 Å². The molecule has 0 fully saturated rings. The molecule has 0 saturated heterocycles. The molecule has 0 aliphatic carbocycles. The van der Waals surface area contributed by atoms with Gasteiger partial charge < -0.3 is 9.26 Å². The summed E-state index contributed by atoms with van der Waals surface area (Å²) < 4.78 is 11.6. The first-order valence-electron chi connectivity index (χ1n) is 13.7. The van der Waals surface area contributed by atoms with Gasteiger partial charge in [0, 0.05) is 22.9 Å². The van der Waals surface area contributed by atoms with Gasteiger partial charge in [-0.1, -0.05) is 113 Å². The van der Waals surface area contributed by atoms with Gasteiger partial charge >= 0.3 is 0 Å². The van der Waals surface area contributed by atoms with Gasteiger partial charge in [-0.3, -0.25) is 4.99 Å². The van der Waals surface area contributed by atoms with Crippen molar-refractivity contribution in [2.45, 2.75) is 74.3 Å². The zero-order chi connectivity index (χ0) is 28.6. The summed E-state index contributed by atoms with van der Waals surface area (Å²) in [6.07, 6.45) is 1.11. The Kier molecular flexibility index (Phi) is 15.8. The first-order valence-corrected chi connectivity index (χ1v) is 14.9. The maximum Gasteiger partial charge on any atom is 0.118 e. The molecule has 0 heterocycles. The lowest BCUT2D eigenvalue weighted by Crippen LogP contribution is -2.34. The maximum atomic E-state index is 6.66. The summed E-state index contributed by atoms with van der Waals surface area (Å²) in [5.74, 6) is 2.42. The Morgan fingerprint density at radius 1 is 0.789 bits per heavy atom. The predicted octanol–water partition coefficient (Wildman–Crippen LogP) is 9.00. The lowest BCUT2D eigenvalue weighted by Gasteiger charge is -2.31. The first-order chi connectivity index (χ1) is 18.0. The van der Waals surface area contributed by atoms with Gasteiger partial charge in [0.25, 0.3) is 0 Å². The van der Waals surface area contributed by atoms with Crippen molar-refractivity contribution >= 4 is 24.5 Å². The monoisotopic (exact) mass is 535 g/mol. The topological polar surface area (TPSA) is 30.8 Å². The molecule has 3 nitrogen and oxygen atoms in total. The first kappa shape index (κ1) is 33.5. The molecule has 0 aliphatic heterocycles.